The van der Waals surface area contributed by atoms with Gasteiger partial charge in [0.2, 0.25) is 5.91 Å². The Morgan fingerprint density at radius 2 is 1.80 bits per heavy atom. The van der Waals surface area contributed by atoms with Crippen LogP contribution < -0.4 is 11.1 Å². The number of nitrogens with two attached hydrogens (primary N) is 1. The monoisotopic (exact) mass is 584 g/mol. The lowest BCUT2D eigenvalue weighted by atomic mass is 9.63. The molecule has 9 heteroatoms. The van der Waals surface area contributed by atoms with Crippen LogP contribution in [-0.4, -0.2) is 70.5 Å². The number of methoxy groups -OCH3 is 1. The maximum atomic E-state index is 14.4. The smallest absolute Gasteiger partial charge is 0.227 e. The predicted octanol–water partition coefficient (Wildman–Crippen LogP) is 4.86. The lowest BCUT2D eigenvalue weighted by molar-refractivity contribution is -0.142. The molecule has 1 aliphatic heterocycles. The number of nitrogens with zero attached hydrogens (tertiary/aromatic N) is 4. The van der Waals surface area contributed by atoms with Crippen molar-refractivity contribution in [3.63, 3.8) is 0 Å². The van der Waals surface area contributed by atoms with Crippen molar-refractivity contribution in [2.45, 2.75) is 95.2 Å². The minimum Gasteiger partial charge on any atom is -0.383 e. The van der Waals surface area contributed by atoms with Crippen molar-refractivity contribution in [2.24, 2.45) is 23.0 Å². The topological polar surface area (TPSA) is 98.3 Å². The number of benzene rings is 1. The molecule has 1 saturated heterocycles. The molecule has 1 aromatic heterocycles. The second-order valence-electron chi connectivity index (χ2n) is 13.0. The second-order valence-corrected chi connectivity index (χ2v) is 13.4. The Bertz CT molecular complexity index is 1070. The van der Waals surface area contributed by atoms with Crippen LogP contribution in [0.4, 0.5) is 0 Å². The summed E-state index contributed by atoms with van der Waals surface area (Å²) in [5.41, 5.74) is 8.00. The fraction of sp³-hybridized carbons (Fsp3) is 0.719. The van der Waals surface area contributed by atoms with Gasteiger partial charge in [-0.3, -0.25) is 9.48 Å². The molecule has 1 aromatic carbocycles. The quantitative estimate of drug-likeness (QED) is 0.366. The van der Waals surface area contributed by atoms with E-state index in [2.05, 4.69) is 20.3 Å². The van der Waals surface area contributed by atoms with Crippen molar-refractivity contribution < 1.29 is 9.53 Å². The molecular weight excluding hydrogens is 536 g/mol. The molecular formula is C32H49ClN6O2. The summed E-state index contributed by atoms with van der Waals surface area (Å²) in [5.74, 6) is 0.664. The van der Waals surface area contributed by atoms with E-state index in [-0.39, 0.29) is 17.2 Å². The van der Waals surface area contributed by atoms with Gasteiger partial charge in [0, 0.05) is 49.9 Å². The zero-order valence-electron chi connectivity index (χ0n) is 24.8. The molecule has 0 bridgehead atoms. The van der Waals surface area contributed by atoms with Gasteiger partial charge >= 0.3 is 0 Å². The van der Waals surface area contributed by atoms with Crippen LogP contribution in [0, 0.1) is 17.3 Å². The van der Waals surface area contributed by atoms with Crippen LogP contribution in [0.2, 0.25) is 5.02 Å². The van der Waals surface area contributed by atoms with Crippen molar-refractivity contribution >= 4 is 17.5 Å². The minimum atomic E-state index is -0.519. The van der Waals surface area contributed by atoms with E-state index in [4.69, 9.17) is 22.1 Å². The summed E-state index contributed by atoms with van der Waals surface area (Å²) in [6.45, 7) is 4.02. The molecule has 3 fully saturated rings. The average molecular weight is 585 g/mol. The standard InChI is InChI=1S/C32H49ClN6O2/c1-41-20-17-36-28-11-13-32(34,14-12-28)29(21-25-7-9-27(33)10-8-25)30(40)38-18-15-31(16-19-38,22-39-24-35-23-37-39)26-5-3-2-4-6-26/h7-10,23-24,26,28-29,36H,2-6,11-22,34H2,1H3/t28?,29-,32?/m0/s1. The number of amides is 1. The molecule has 41 heavy (non-hydrogen) atoms. The number of hydrogen-bond acceptors (Lipinski definition) is 6. The SMILES string of the molecule is COCCNC1CCC(N)([C@@H](Cc2ccc(Cl)cc2)C(=O)N2CCC(Cn3cncn3)(C3CCCCC3)CC2)CC1. The molecule has 2 saturated carbocycles. The van der Waals surface area contributed by atoms with Crippen molar-refractivity contribution in [3.05, 3.63) is 47.5 Å². The lowest BCUT2D eigenvalue weighted by Gasteiger charge is -2.50. The molecule has 226 valence electrons. The van der Waals surface area contributed by atoms with Gasteiger partial charge in [-0.15, -0.1) is 0 Å². The number of halogens is 1. The normalized spacial score (nSPS) is 26.1. The van der Waals surface area contributed by atoms with Gasteiger partial charge in [0.05, 0.1) is 12.5 Å². The Balaban J connectivity index is 1.30. The van der Waals surface area contributed by atoms with E-state index in [1.54, 1.807) is 13.4 Å². The van der Waals surface area contributed by atoms with Gasteiger partial charge in [0.1, 0.15) is 12.7 Å². The molecule has 2 aromatic rings. The van der Waals surface area contributed by atoms with E-state index >= 15 is 0 Å². The largest absolute Gasteiger partial charge is 0.383 e. The van der Waals surface area contributed by atoms with Crippen molar-refractivity contribution in [2.75, 3.05) is 33.4 Å². The first-order chi connectivity index (χ1) is 19.9. The Morgan fingerprint density at radius 3 is 2.44 bits per heavy atom. The molecule has 2 heterocycles. The predicted molar refractivity (Wildman–Crippen MR) is 163 cm³/mol. The van der Waals surface area contributed by atoms with Crippen LogP contribution >= 0.6 is 11.6 Å². The highest BCUT2D eigenvalue weighted by molar-refractivity contribution is 6.30. The molecule has 3 aliphatic rings. The molecule has 0 radical (unpaired) electrons. The third kappa shape index (κ3) is 7.51. The fourth-order valence-electron chi connectivity index (χ4n) is 7.91. The van der Waals surface area contributed by atoms with E-state index in [1.165, 1.54) is 32.1 Å². The zero-order chi connectivity index (χ0) is 28.7. The van der Waals surface area contributed by atoms with Crippen LogP contribution in [0.5, 0.6) is 0 Å². The number of carbonyl (C=O) groups excluding carboxylic acids is 1. The Morgan fingerprint density at radius 1 is 1.10 bits per heavy atom. The van der Waals surface area contributed by atoms with Crippen LogP contribution in [-0.2, 0) is 22.5 Å². The molecule has 8 nitrogen and oxygen atoms in total. The van der Waals surface area contributed by atoms with Gasteiger partial charge in [-0.05, 0) is 86.8 Å². The Kier molecular flexibility index (Phi) is 10.4. The van der Waals surface area contributed by atoms with Crippen molar-refractivity contribution in [1.82, 2.24) is 25.0 Å². The molecule has 0 spiro atoms. The zero-order valence-corrected chi connectivity index (χ0v) is 25.5. The Hall–Kier alpha value is -2.00. The van der Waals surface area contributed by atoms with Gasteiger partial charge in [-0.25, -0.2) is 4.98 Å². The van der Waals surface area contributed by atoms with Gasteiger partial charge in [-0.1, -0.05) is 43.0 Å². The summed E-state index contributed by atoms with van der Waals surface area (Å²) in [6.07, 6.45) is 16.3. The van der Waals surface area contributed by atoms with Crippen LogP contribution in [0.3, 0.4) is 0 Å². The first kappa shape index (κ1) is 30.5. The molecule has 3 N–H and O–H groups in total. The summed E-state index contributed by atoms with van der Waals surface area (Å²) in [6, 6.07) is 8.36. The van der Waals surface area contributed by atoms with Gasteiger partial charge in [0.25, 0.3) is 0 Å². The minimum absolute atomic E-state index is 0.170. The van der Waals surface area contributed by atoms with E-state index in [1.807, 2.05) is 35.3 Å². The van der Waals surface area contributed by atoms with E-state index < -0.39 is 5.54 Å². The maximum Gasteiger partial charge on any atom is 0.227 e. The summed E-state index contributed by atoms with van der Waals surface area (Å²) < 4.78 is 7.23. The summed E-state index contributed by atoms with van der Waals surface area (Å²) in [7, 11) is 1.73. The third-order valence-electron chi connectivity index (χ3n) is 10.5. The number of ether oxygens (including phenoxy) is 1. The van der Waals surface area contributed by atoms with E-state index in [0.29, 0.717) is 30.0 Å². The number of hydrogen-bond donors (Lipinski definition) is 2. The molecule has 0 unspecified atom stereocenters. The summed E-state index contributed by atoms with van der Waals surface area (Å²) in [4.78, 5) is 20.8. The maximum absolute atomic E-state index is 14.4. The van der Waals surface area contributed by atoms with Crippen LogP contribution in [0.15, 0.2) is 36.9 Å². The van der Waals surface area contributed by atoms with Gasteiger partial charge in [0.15, 0.2) is 0 Å². The van der Waals surface area contributed by atoms with Crippen LogP contribution in [0.1, 0.15) is 76.2 Å². The first-order valence-corrected chi connectivity index (χ1v) is 16.2. The lowest BCUT2D eigenvalue weighted by Crippen LogP contribution is -2.59. The number of rotatable bonds is 11. The number of carbonyl (C=O) groups is 1. The Labute approximate surface area is 250 Å². The fourth-order valence-corrected chi connectivity index (χ4v) is 8.03. The average Bonchev–Trinajstić information content (AvgIpc) is 3.51. The molecule has 5 rings (SSSR count). The van der Waals surface area contributed by atoms with E-state index in [0.717, 1.165) is 70.3 Å². The van der Waals surface area contributed by atoms with Crippen molar-refractivity contribution in [3.8, 4) is 0 Å². The van der Waals surface area contributed by atoms with Crippen LogP contribution in [0.25, 0.3) is 0 Å². The number of likely N-dealkylation sites (tertiary alicyclic amines) is 1. The number of piperidine rings is 1. The second kappa shape index (κ2) is 14.0. The number of aromatic nitrogens is 3. The molecule has 1 atom stereocenters. The summed E-state index contributed by atoms with van der Waals surface area (Å²) in [5, 5.41) is 8.79. The molecule has 2 aliphatic carbocycles. The third-order valence-corrected chi connectivity index (χ3v) is 10.7. The molecule has 1 amide bonds. The highest BCUT2D eigenvalue weighted by Crippen LogP contribution is 2.47. The first-order valence-electron chi connectivity index (χ1n) is 15.8. The number of nitrogens with one attached hydrogen (secondary N) is 1. The highest BCUT2D eigenvalue weighted by Gasteiger charge is 2.47. The summed E-state index contributed by atoms with van der Waals surface area (Å²) >= 11 is 6.19. The van der Waals surface area contributed by atoms with Crippen molar-refractivity contribution in [1.29, 1.82) is 0 Å². The highest BCUT2D eigenvalue weighted by atomic mass is 35.5. The van der Waals surface area contributed by atoms with Gasteiger partial charge in [-0.2, -0.15) is 5.10 Å². The van der Waals surface area contributed by atoms with Gasteiger partial charge < -0.3 is 20.7 Å². The van der Waals surface area contributed by atoms with E-state index in [9.17, 15) is 4.79 Å².